The van der Waals surface area contributed by atoms with Crippen LogP contribution in [-0.2, 0) is 11.8 Å². The van der Waals surface area contributed by atoms with Crippen LogP contribution in [0.5, 0.6) is 0 Å². The molecule has 2 aromatic carbocycles. The average Bonchev–Trinajstić information content (AvgIpc) is 3.37. The van der Waals surface area contributed by atoms with Gasteiger partial charge in [-0.3, -0.25) is 14.5 Å². The van der Waals surface area contributed by atoms with Gasteiger partial charge in [-0.25, -0.2) is 4.39 Å². The quantitative estimate of drug-likeness (QED) is 0.478. The van der Waals surface area contributed by atoms with Crippen LogP contribution in [-0.4, -0.2) is 34.6 Å². The first-order chi connectivity index (χ1) is 15.3. The van der Waals surface area contributed by atoms with Crippen molar-refractivity contribution in [3.63, 3.8) is 0 Å². The number of nitrogens with zero attached hydrogens (tertiary/aromatic N) is 4. The second kappa shape index (κ2) is 8.30. The largest absolute Gasteiger partial charge is 0.363 e. The van der Waals surface area contributed by atoms with E-state index in [1.807, 2.05) is 43.2 Å². The SMILES string of the molecule is C/C=C(\N=CC1(C)NC=C(c2ccc3c(cnn3C)c2)N1)C(=O)N(C)c1ccc(F)cc1. The Bertz CT molecular complexity index is 1260. The van der Waals surface area contributed by atoms with Crippen molar-refractivity contribution in [3.8, 4) is 0 Å². The molecule has 0 fully saturated rings. The van der Waals surface area contributed by atoms with Gasteiger partial charge in [-0.15, -0.1) is 0 Å². The van der Waals surface area contributed by atoms with Crippen LogP contribution in [0.25, 0.3) is 16.6 Å². The summed E-state index contributed by atoms with van der Waals surface area (Å²) in [6.45, 7) is 3.69. The molecule has 8 heteroatoms. The number of rotatable bonds is 5. The van der Waals surface area contributed by atoms with E-state index in [2.05, 4.69) is 26.8 Å². The predicted octanol–water partition coefficient (Wildman–Crippen LogP) is 3.56. The first-order valence-electron chi connectivity index (χ1n) is 10.2. The van der Waals surface area contributed by atoms with Crippen molar-refractivity contribution in [2.45, 2.75) is 19.5 Å². The molecule has 1 aromatic heterocycles. The second-order valence-electron chi connectivity index (χ2n) is 7.84. The second-order valence-corrected chi connectivity index (χ2v) is 7.84. The number of carbonyl (C=O) groups excluding carboxylic acids is 1. The summed E-state index contributed by atoms with van der Waals surface area (Å²) < 4.78 is 15.0. The van der Waals surface area contributed by atoms with Crippen molar-refractivity contribution in [3.05, 3.63) is 78.0 Å². The fraction of sp³-hybridized carbons (Fsp3) is 0.208. The normalized spacial score (nSPS) is 18.5. The van der Waals surface area contributed by atoms with Crippen LogP contribution in [0.3, 0.4) is 0 Å². The van der Waals surface area contributed by atoms with Gasteiger partial charge in [-0.05, 0) is 55.8 Å². The van der Waals surface area contributed by atoms with Gasteiger partial charge < -0.3 is 15.5 Å². The number of carbonyl (C=O) groups is 1. The summed E-state index contributed by atoms with van der Waals surface area (Å²) in [6, 6.07) is 11.9. The minimum Gasteiger partial charge on any atom is -0.363 e. The molecule has 2 N–H and O–H groups in total. The van der Waals surface area contributed by atoms with Crippen LogP contribution in [0, 0.1) is 5.82 Å². The Morgan fingerprint density at radius 3 is 2.72 bits per heavy atom. The minimum absolute atomic E-state index is 0.284. The highest BCUT2D eigenvalue weighted by atomic mass is 19.1. The maximum Gasteiger partial charge on any atom is 0.276 e. The standard InChI is InChI=1S/C24H25FN6O/c1-5-20(23(32)30(3)19-9-7-18(25)8-10-19)26-15-24(2)27-14-21(29-24)16-6-11-22-17(12-16)13-28-31(22)4/h5-15,27,29H,1-4H3/b20-5-,26-15?. The predicted molar refractivity (Wildman–Crippen MR) is 125 cm³/mol. The van der Waals surface area contributed by atoms with E-state index in [0.717, 1.165) is 22.2 Å². The van der Waals surface area contributed by atoms with Gasteiger partial charge in [0.25, 0.3) is 5.91 Å². The Hall–Kier alpha value is -3.94. The number of hydrogen-bond acceptors (Lipinski definition) is 5. The molecule has 7 nitrogen and oxygen atoms in total. The molecule has 0 radical (unpaired) electrons. The van der Waals surface area contributed by atoms with E-state index < -0.39 is 5.66 Å². The molecule has 0 bridgehead atoms. The average molecular weight is 433 g/mol. The third kappa shape index (κ3) is 4.12. The third-order valence-corrected chi connectivity index (χ3v) is 5.44. The number of halogens is 1. The zero-order valence-electron chi connectivity index (χ0n) is 18.4. The lowest BCUT2D eigenvalue weighted by Crippen LogP contribution is -2.48. The van der Waals surface area contributed by atoms with E-state index in [9.17, 15) is 9.18 Å². The molecular formula is C24H25FN6O. The van der Waals surface area contributed by atoms with Gasteiger partial charge in [-0.2, -0.15) is 5.10 Å². The monoisotopic (exact) mass is 432 g/mol. The van der Waals surface area contributed by atoms with Gasteiger partial charge >= 0.3 is 0 Å². The van der Waals surface area contributed by atoms with Gasteiger partial charge in [0.05, 0.1) is 23.6 Å². The molecule has 3 aromatic rings. The van der Waals surface area contributed by atoms with E-state index >= 15 is 0 Å². The lowest BCUT2D eigenvalue weighted by molar-refractivity contribution is -0.114. The van der Waals surface area contributed by atoms with Crippen LogP contribution in [0.2, 0.25) is 0 Å². The number of likely N-dealkylation sites (N-methyl/N-ethyl adjacent to an activating group) is 1. The summed E-state index contributed by atoms with van der Waals surface area (Å²) >= 11 is 0. The van der Waals surface area contributed by atoms with Crippen molar-refractivity contribution < 1.29 is 9.18 Å². The molecule has 1 aliphatic rings. The highest BCUT2D eigenvalue weighted by molar-refractivity contribution is 6.06. The van der Waals surface area contributed by atoms with Crippen molar-refractivity contribution in [1.82, 2.24) is 20.4 Å². The number of allylic oxidation sites excluding steroid dienone is 1. The molecule has 0 saturated heterocycles. The lowest BCUT2D eigenvalue weighted by Gasteiger charge is -2.23. The van der Waals surface area contributed by atoms with Crippen molar-refractivity contribution in [2.24, 2.45) is 12.0 Å². The molecule has 1 unspecified atom stereocenters. The highest BCUT2D eigenvalue weighted by Crippen LogP contribution is 2.23. The zero-order chi connectivity index (χ0) is 22.9. The molecule has 164 valence electrons. The summed E-state index contributed by atoms with van der Waals surface area (Å²) in [5.74, 6) is -0.636. The number of benzene rings is 2. The third-order valence-electron chi connectivity index (χ3n) is 5.44. The Labute approximate surface area is 185 Å². The summed E-state index contributed by atoms with van der Waals surface area (Å²) in [4.78, 5) is 18.8. The molecular weight excluding hydrogens is 407 g/mol. The summed E-state index contributed by atoms with van der Waals surface area (Å²) in [7, 11) is 3.55. The number of aromatic nitrogens is 2. The number of hydrogen-bond donors (Lipinski definition) is 2. The van der Waals surface area contributed by atoms with Crippen LogP contribution in [0.15, 0.2) is 71.6 Å². The van der Waals surface area contributed by atoms with Crippen LogP contribution < -0.4 is 15.5 Å². The van der Waals surface area contributed by atoms with E-state index in [1.54, 1.807) is 38.4 Å². The highest BCUT2D eigenvalue weighted by Gasteiger charge is 2.28. The maximum absolute atomic E-state index is 13.2. The van der Waals surface area contributed by atoms with Gasteiger partial charge in [0.2, 0.25) is 0 Å². The Morgan fingerprint density at radius 1 is 1.25 bits per heavy atom. The van der Waals surface area contributed by atoms with Crippen LogP contribution in [0.4, 0.5) is 10.1 Å². The molecule has 4 rings (SSSR count). The summed E-state index contributed by atoms with van der Waals surface area (Å²) in [5, 5.41) is 12.0. The van der Waals surface area contributed by atoms with Crippen molar-refractivity contribution >= 4 is 34.4 Å². The van der Waals surface area contributed by atoms with Gasteiger partial charge in [0, 0.05) is 31.4 Å². The van der Waals surface area contributed by atoms with E-state index in [0.29, 0.717) is 5.69 Å². The lowest BCUT2D eigenvalue weighted by atomic mass is 10.1. The number of fused-ring (bicyclic) bond motifs is 1. The molecule has 1 amide bonds. The number of aliphatic imine (C=N–C) groups is 1. The van der Waals surface area contributed by atoms with Crippen LogP contribution in [0.1, 0.15) is 19.4 Å². The Balaban J connectivity index is 1.47. The topological polar surface area (TPSA) is 74.5 Å². The molecule has 32 heavy (non-hydrogen) atoms. The Kier molecular flexibility index (Phi) is 5.52. The van der Waals surface area contributed by atoms with Crippen molar-refractivity contribution in [2.75, 3.05) is 11.9 Å². The van der Waals surface area contributed by atoms with Crippen molar-refractivity contribution in [1.29, 1.82) is 0 Å². The molecule has 0 saturated carbocycles. The molecule has 0 spiro atoms. The molecule has 2 heterocycles. The van der Waals surface area contributed by atoms with E-state index in [-0.39, 0.29) is 17.4 Å². The number of aryl methyl sites for hydroxylation is 1. The Morgan fingerprint density at radius 2 is 2.00 bits per heavy atom. The fourth-order valence-corrected chi connectivity index (χ4v) is 3.54. The summed E-state index contributed by atoms with van der Waals surface area (Å²) in [6.07, 6.45) is 7.06. The van der Waals surface area contributed by atoms with Crippen LogP contribution >= 0.6 is 0 Å². The molecule has 1 atom stereocenters. The minimum atomic E-state index is -0.664. The number of amides is 1. The maximum atomic E-state index is 13.2. The number of anilines is 1. The van der Waals surface area contributed by atoms with Gasteiger partial charge in [0.1, 0.15) is 17.2 Å². The van der Waals surface area contributed by atoms with E-state index in [4.69, 9.17) is 0 Å². The van der Waals surface area contributed by atoms with Gasteiger partial charge in [-0.1, -0.05) is 12.1 Å². The first kappa shape index (κ1) is 21.3. The summed E-state index contributed by atoms with van der Waals surface area (Å²) in [5.41, 5.74) is 3.21. The number of nitrogens with one attached hydrogen (secondary N) is 2. The molecule has 1 aliphatic heterocycles. The van der Waals surface area contributed by atoms with Gasteiger partial charge in [0.15, 0.2) is 0 Å². The zero-order valence-corrected chi connectivity index (χ0v) is 18.4. The fourth-order valence-electron chi connectivity index (χ4n) is 3.54. The first-order valence-corrected chi connectivity index (χ1v) is 10.2. The smallest absolute Gasteiger partial charge is 0.276 e. The molecule has 0 aliphatic carbocycles. The van der Waals surface area contributed by atoms with E-state index in [1.165, 1.54) is 17.0 Å².